The van der Waals surface area contributed by atoms with Crippen LogP contribution >= 0.6 is 0 Å². The molecule has 0 bridgehead atoms. The van der Waals surface area contributed by atoms with Crippen molar-refractivity contribution in [3.05, 3.63) is 18.2 Å². The summed E-state index contributed by atoms with van der Waals surface area (Å²) in [5.41, 5.74) is 7.66. The van der Waals surface area contributed by atoms with Crippen molar-refractivity contribution in [1.29, 1.82) is 0 Å². The molecule has 2 rings (SSSR count). The number of carbonyl (C=O) groups excluding carboxylic acids is 1. The number of nitrogen functional groups attached to an aromatic ring is 1. The highest BCUT2D eigenvalue weighted by Gasteiger charge is 2.14. The first-order valence-corrected chi connectivity index (χ1v) is 6.12. The fraction of sp³-hybridized carbons (Fsp3) is 0.385. The summed E-state index contributed by atoms with van der Waals surface area (Å²) in [4.78, 5) is 17.6. The number of hydrogen-bond donors (Lipinski definition) is 2. The van der Waals surface area contributed by atoms with E-state index >= 15 is 0 Å². The molecule has 6 heteroatoms. The fourth-order valence-electron chi connectivity index (χ4n) is 1.75. The molecular formula is C13H18N4O2. The van der Waals surface area contributed by atoms with E-state index < -0.39 is 0 Å². The van der Waals surface area contributed by atoms with Crippen LogP contribution in [0, 0.1) is 0 Å². The van der Waals surface area contributed by atoms with Gasteiger partial charge in [-0.05, 0) is 32.0 Å². The molecule has 0 unspecified atom stereocenters. The third kappa shape index (κ3) is 3.15. The van der Waals surface area contributed by atoms with Gasteiger partial charge in [-0.25, -0.2) is 0 Å². The lowest BCUT2D eigenvalue weighted by molar-refractivity contribution is -0.120. The molecule has 1 heterocycles. The molecular weight excluding hydrogens is 244 g/mol. The normalized spacial score (nSPS) is 10.9. The Kier molecular flexibility index (Phi) is 3.59. The molecule has 2 aromatic rings. The minimum absolute atomic E-state index is 0.0701. The van der Waals surface area contributed by atoms with Crippen molar-refractivity contribution in [3.63, 3.8) is 0 Å². The molecule has 1 amide bonds. The number of nitrogens with two attached hydrogens (primary N) is 1. The van der Waals surface area contributed by atoms with Gasteiger partial charge in [0.25, 0.3) is 6.01 Å². The van der Waals surface area contributed by atoms with Gasteiger partial charge in [-0.1, -0.05) is 0 Å². The Morgan fingerprint density at radius 3 is 2.95 bits per heavy atom. The second kappa shape index (κ2) is 5.17. The molecule has 0 aliphatic rings. The van der Waals surface area contributed by atoms with E-state index in [9.17, 15) is 4.79 Å². The number of rotatable bonds is 4. The number of oxazole rings is 1. The van der Waals surface area contributed by atoms with E-state index in [2.05, 4.69) is 10.3 Å². The predicted octanol–water partition coefficient (Wildman–Crippen LogP) is 1.37. The summed E-state index contributed by atoms with van der Waals surface area (Å²) < 4.78 is 5.57. The van der Waals surface area contributed by atoms with E-state index in [1.165, 1.54) is 0 Å². The van der Waals surface area contributed by atoms with E-state index in [0.29, 0.717) is 22.8 Å². The van der Waals surface area contributed by atoms with Crippen LogP contribution in [0.3, 0.4) is 0 Å². The van der Waals surface area contributed by atoms with Crippen molar-refractivity contribution in [1.82, 2.24) is 10.3 Å². The van der Waals surface area contributed by atoms with Crippen LogP contribution in [0.4, 0.5) is 11.7 Å². The summed E-state index contributed by atoms with van der Waals surface area (Å²) in [5, 5.41) is 2.82. The van der Waals surface area contributed by atoms with Gasteiger partial charge in [-0.15, -0.1) is 0 Å². The topological polar surface area (TPSA) is 84.4 Å². The van der Waals surface area contributed by atoms with Crippen LogP contribution in [-0.2, 0) is 4.79 Å². The highest BCUT2D eigenvalue weighted by molar-refractivity contribution is 5.82. The lowest BCUT2D eigenvalue weighted by Gasteiger charge is -2.15. The highest BCUT2D eigenvalue weighted by Crippen LogP contribution is 2.22. The smallest absolute Gasteiger partial charge is 0.298 e. The molecule has 0 fully saturated rings. The number of anilines is 2. The molecule has 3 N–H and O–H groups in total. The van der Waals surface area contributed by atoms with E-state index in [0.717, 1.165) is 0 Å². The first kappa shape index (κ1) is 13.2. The van der Waals surface area contributed by atoms with E-state index in [4.69, 9.17) is 10.2 Å². The molecule has 0 spiro atoms. The summed E-state index contributed by atoms with van der Waals surface area (Å²) in [6, 6.07) is 5.78. The minimum atomic E-state index is -0.0701. The SMILES string of the molecule is CC(C)NC(=O)CN(C)c1nc2cc(N)ccc2o1. The van der Waals surface area contributed by atoms with Crippen LogP contribution in [-0.4, -0.2) is 30.5 Å². The van der Waals surface area contributed by atoms with Crippen LogP contribution in [0.2, 0.25) is 0 Å². The number of nitrogens with zero attached hydrogens (tertiary/aromatic N) is 2. The lowest BCUT2D eigenvalue weighted by Crippen LogP contribution is -2.38. The largest absolute Gasteiger partial charge is 0.423 e. The van der Waals surface area contributed by atoms with Gasteiger partial charge < -0.3 is 20.4 Å². The van der Waals surface area contributed by atoms with Crippen molar-refractivity contribution >= 4 is 28.7 Å². The van der Waals surface area contributed by atoms with Crippen molar-refractivity contribution in [2.75, 3.05) is 24.2 Å². The average molecular weight is 262 g/mol. The van der Waals surface area contributed by atoms with E-state index in [1.807, 2.05) is 13.8 Å². The summed E-state index contributed by atoms with van der Waals surface area (Å²) >= 11 is 0. The Morgan fingerprint density at radius 2 is 2.26 bits per heavy atom. The van der Waals surface area contributed by atoms with Gasteiger partial charge in [0.05, 0.1) is 0 Å². The fourth-order valence-corrected chi connectivity index (χ4v) is 1.75. The zero-order valence-electron chi connectivity index (χ0n) is 11.3. The lowest BCUT2D eigenvalue weighted by atomic mass is 10.3. The molecule has 102 valence electrons. The number of aromatic nitrogens is 1. The van der Waals surface area contributed by atoms with Gasteiger partial charge in [-0.2, -0.15) is 4.98 Å². The quantitative estimate of drug-likeness (QED) is 0.813. The van der Waals surface area contributed by atoms with Gasteiger partial charge in [0.15, 0.2) is 5.58 Å². The summed E-state index contributed by atoms with van der Waals surface area (Å²) in [5.74, 6) is -0.0701. The number of hydrogen-bond acceptors (Lipinski definition) is 5. The van der Waals surface area contributed by atoms with Crippen LogP contribution in [0.25, 0.3) is 11.1 Å². The molecule has 0 atom stereocenters. The molecule has 19 heavy (non-hydrogen) atoms. The van der Waals surface area contributed by atoms with Crippen molar-refractivity contribution in [3.8, 4) is 0 Å². The highest BCUT2D eigenvalue weighted by atomic mass is 16.4. The number of carbonyl (C=O) groups is 1. The van der Waals surface area contributed by atoms with E-state index in [-0.39, 0.29) is 18.5 Å². The molecule has 6 nitrogen and oxygen atoms in total. The number of likely N-dealkylation sites (N-methyl/N-ethyl adjacent to an activating group) is 1. The van der Waals surface area contributed by atoms with Crippen molar-refractivity contribution < 1.29 is 9.21 Å². The van der Waals surface area contributed by atoms with E-state index in [1.54, 1.807) is 30.1 Å². The van der Waals surface area contributed by atoms with Crippen LogP contribution < -0.4 is 16.0 Å². The summed E-state index contributed by atoms with van der Waals surface area (Å²) in [7, 11) is 1.76. The number of fused-ring (bicyclic) bond motifs is 1. The maximum Gasteiger partial charge on any atom is 0.298 e. The maximum atomic E-state index is 11.7. The standard InChI is InChI=1S/C13H18N4O2/c1-8(2)15-12(18)7-17(3)13-16-10-6-9(14)4-5-11(10)19-13/h4-6,8H,7,14H2,1-3H3,(H,15,18). The molecule has 1 aromatic heterocycles. The van der Waals surface area contributed by atoms with Crippen LogP contribution in [0.5, 0.6) is 0 Å². The first-order valence-electron chi connectivity index (χ1n) is 6.12. The number of nitrogens with one attached hydrogen (secondary N) is 1. The molecule has 0 radical (unpaired) electrons. The van der Waals surface area contributed by atoms with Gasteiger partial charge >= 0.3 is 0 Å². The van der Waals surface area contributed by atoms with Gasteiger partial charge in [0.1, 0.15) is 12.1 Å². The summed E-state index contributed by atoms with van der Waals surface area (Å²) in [6.45, 7) is 4.03. The molecule has 0 saturated heterocycles. The van der Waals surface area contributed by atoms with Gasteiger partial charge in [0, 0.05) is 18.8 Å². The zero-order chi connectivity index (χ0) is 14.0. The maximum absolute atomic E-state index is 11.7. The molecule has 0 aliphatic carbocycles. The van der Waals surface area contributed by atoms with Crippen molar-refractivity contribution in [2.24, 2.45) is 0 Å². The van der Waals surface area contributed by atoms with Gasteiger partial charge in [0.2, 0.25) is 5.91 Å². The minimum Gasteiger partial charge on any atom is -0.423 e. The number of benzene rings is 1. The Bertz CT molecular complexity index is 591. The molecule has 1 aromatic carbocycles. The molecule has 0 saturated carbocycles. The second-order valence-electron chi connectivity index (χ2n) is 4.80. The zero-order valence-corrected chi connectivity index (χ0v) is 11.3. The van der Waals surface area contributed by atoms with Crippen molar-refractivity contribution in [2.45, 2.75) is 19.9 Å². The monoisotopic (exact) mass is 262 g/mol. The number of amides is 1. The average Bonchev–Trinajstić information content (AvgIpc) is 2.70. The third-order valence-corrected chi connectivity index (χ3v) is 2.56. The Labute approximate surface area is 111 Å². The van der Waals surface area contributed by atoms with Crippen LogP contribution in [0.1, 0.15) is 13.8 Å². The Hall–Kier alpha value is -2.24. The Morgan fingerprint density at radius 1 is 1.53 bits per heavy atom. The second-order valence-corrected chi connectivity index (χ2v) is 4.80. The first-order chi connectivity index (χ1) is 8.95. The Balaban J connectivity index is 2.13. The van der Waals surface area contributed by atoms with Gasteiger partial charge in [-0.3, -0.25) is 4.79 Å². The third-order valence-electron chi connectivity index (χ3n) is 2.56. The van der Waals surface area contributed by atoms with Crippen LogP contribution in [0.15, 0.2) is 22.6 Å². The molecule has 0 aliphatic heterocycles. The predicted molar refractivity (Wildman–Crippen MR) is 75.0 cm³/mol. The summed E-state index contributed by atoms with van der Waals surface area (Å²) in [6.07, 6.45) is 0.